The van der Waals surface area contributed by atoms with Gasteiger partial charge in [-0.25, -0.2) is 8.78 Å². The second-order valence-corrected chi connectivity index (χ2v) is 3.66. The van der Waals surface area contributed by atoms with Gasteiger partial charge in [0.05, 0.1) is 4.47 Å². The lowest BCUT2D eigenvalue weighted by molar-refractivity contribution is -0.116. The van der Waals surface area contributed by atoms with E-state index < -0.39 is 17.4 Å². The summed E-state index contributed by atoms with van der Waals surface area (Å²) in [5.74, 6) is -2.72. The Labute approximate surface area is 87.7 Å². The van der Waals surface area contributed by atoms with Gasteiger partial charge in [0.25, 0.3) is 0 Å². The molecule has 5 heteroatoms. The van der Waals surface area contributed by atoms with Crippen molar-refractivity contribution in [3.05, 3.63) is 27.7 Å². The number of hydrogen-bond donors (Lipinski definition) is 1. The van der Waals surface area contributed by atoms with Crippen LogP contribution in [0.1, 0.15) is 12.5 Å². The Morgan fingerprint density at radius 2 is 2.14 bits per heavy atom. The molecule has 0 aliphatic heterocycles. The Balaban J connectivity index is 3.29. The van der Waals surface area contributed by atoms with Crippen molar-refractivity contribution in [2.24, 2.45) is 0 Å². The standard InChI is InChI=1S/C9H7BrF2O2/c1-4(13)2-5-6(11)3-7(14)8(10)9(5)12/h3,14H,2H2,1H3. The molecule has 0 aromatic heterocycles. The highest BCUT2D eigenvalue weighted by molar-refractivity contribution is 9.10. The molecular weight excluding hydrogens is 258 g/mol. The molecule has 1 N–H and O–H groups in total. The van der Waals surface area contributed by atoms with Crippen LogP contribution in [0.2, 0.25) is 0 Å². The van der Waals surface area contributed by atoms with Gasteiger partial charge in [0.15, 0.2) is 0 Å². The Morgan fingerprint density at radius 3 is 2.64 bits per heavy atom. The third kappa shape index (κ3) is 2.09. The van der Waals surface area contributed by atoms with Gasteiger partial charge in [0.2, 0.25) is 0 Å². The van der Waals surface area contributed by atoms with Gasteiger partial charge in [-0.05, 0) is 22.9 Å². The van der Waals surface area contributed by atoms with Crippen molar-refractivity contribution in [1.29, 1.82) is 0 Å². The average molecular weight is 265 g/mol. The summed E-state index contributed by atoms with van der Waals surface area (Å²) in [6.07, 6.45) is -0.323. The molecule has 0 unspecified atom stereocenters. The first-order valence-corrected chi connectivity index (χ1v) is 4.57. The molecule has 76 valence electrons. The molecule has 0 fully saturated rings. The molecule has 0 radical (unpaired) electrons. The van der Waals surface area contributed by atoms with Gasteiger partial charge < -0.3 is 5.11 Å². The molecule has 14 heavy (non-hydrogen) atoms. The molecule has 0 aliphatic carbocycles. The van der Waals surface area contributed by atoms with E-state index in [1.54, 1.807) is 0 Å². The second kappa shape index (κ2) is 4.04. The van der Waals surface area contributed by atoms with Crippen LogP contribution in [0.4, 0.5) is 8.78 Å². The van der Waals surface area contributed by atoms with Crippen LogP contribution in [0.25, 0.3) is 0 Å². The van der Waals surface area contributed by atoms with E-state index in [0.29, 0.717) is 0 Å². The van der Waals surface area contributed by atoms with Crippen molar-refractivity contribution >= 4 is 21.7 Å². The largest absolute Gasteiger partial charge is 0.507 e. The third-order valence-corrected chi connectivity index (χ3v) is 2.41. The highest BCUT2D eigenvalue weighted by atomic mass is 79.9. The number of carbonyl (C=O) groups excluding carboxylic acids is 1. The summed E-state index contributed by atoms with van der Waals surface area (Å²) in [6.45, 7) is 1.24. The molecule has 0 spiro atoms. The minimum atomic E-state index is -0.933. The van der Waals surface area contributed by atoms with E-state index in [4.69, 9.17) is 5.11 Å². The van der Waals surface area contributed by atoms with Crippen LogP contribution < -0.4 is 0 Å². The predicted molar refractivity (Wildman–Crippen MR) is 50.1 cm³/mol. The fourth-order valence-corrected chi connectivity index (χ4v) is 1.39. The number of rotatable bonds is 2. The monoisotopic (exact) mass is 264 g/mol. The smallest absolute Gasteiger partial charge is 0.147 e. The van der Waals surface area contributed by atoms with Crippen LogP contribution in [-0.2, 0) is 11.2 Å². The first kappa shape index (κ1) is 11.1. The quantitative estimate of drug-likeness (QED) is 0.834. The van der Waals surface area contributed by atoms with Gasteiger partial charge in [0.1, 0.15) is 23.2 Å². The highest BCUT2D eigenvalue weighted by Crippen LogP contribution is 2.31. The van der Waals surface area contributed by atoms with E-state index in [1.165, 1.54) is 6.92 Å². The Hall–Kier alpha value is -0.970. The fraction of sp³-hybridized carbons (Fsp3) is 0.222. The van der Waals surface area contributed by atoms with Gasteiger partial charge in [-0.3, -0.25) is 4.79 Å². The van der Waals surface area contributed by atoms with Gasteiger partial charge in [-0.2, -0.15) is 0 Å². The Morgan fingerprint density at radius 1 is 1.57 bits per heavy atom. The fourth-order valence-electron chi connectivity index (χ4n) is 1.03. The SMILES string of the molecule is CC(=O)Cc1c(F)cc(O)c(Br)c1F. The number of hydrogen-bond acceptors (Lipinski definition) is 2. The van der Waals surface area contributed by atoms with Crippen LogP contribution in [0.15, 0.2) is 10.5 Å². The molecule has 1 aromatic carbocycles. The third-order valence-electron chi connectivity index (χ3n) is 1.66. The predicted octanol–water partition coefficient (Wildman–Crippen LogP) is 2.56. The van der Waals surface area contributed by atoms with Crippen molar-refractivity contribution in [2.75, 3.05) is 0 Å². The molecule has 0 saturated carbocycles. The summed E-state index contributed by atoms with van der Waals surface area (Å²) in [4.78, 5) is 10.7. The maximum absolute atomic E-state index is 13.3. The van der Waals surface area contributed by atoms with Crippen LogP contribution in [-0.4, -0.2) is 10.9 Å². The number of Topliss-reactive ketones (excluding diaryl/α,β-unsaturated/α-hetero) is 1. The first-order valence-electron chi connectivity index (χ1n) is 3.78. The molecule has 0 saturated heterocycles. The van der Waals surface area contributed by atoms with Crippen molar-refractivity contribution in [3.8, 4) is 5.75 Å². The molecular formula is C9H7BrF2O2. The van der Waals surface area contributed by atoms with Gasteiger partial charge in [-0.15, -0.1) is 0 Å². The number of phenols is 1. The minimum Gasteiger partial charge on any atom is -0.507 e. The van der Waals surface area contributed by atoms with Crippen molar-refractivity contribution in [3.63, 3.8) is 0 Å². The number of halogens is 3. The molecule has 2 nitrogen and oxygen atoms in total. The van der Waals surface area contributed by atoms with Crippen LogP contribution in [0.3, 0.4) is 0 Å². The van der Waals surface area contributed by atoms with E-state index >= 15 is 0 Å². The maximum Gasteiger partial charge on any atom is 0.147 e. The summed E-state index contributed by atoms with van der Waals surface area (Å²) < 4.78 is 26.1. The Kier molecular flexibility index (Phi) is 3.21. The molecule has 0 aliphatic rings. The molecule has 0 atom stereocenters. The van der Waals surface area contributed by atoms with E-state index in [-0.39, 0.29) is 22.2 Å². The maximum atomic E-state index is 13.3. The van der Waals surface area contributed by atoms with Crippen LogP contribution in [0.5, 0.6) is 5.75 Å². The van der Waals surface area contributed by atoms with E-state index in [9.17, 15) is 13.6 Å². The summed E-state index contributed by atoms with van der Waals surface area (Å²) in [6, 6.07) is 0.769. The summed E-state index contributed by atoms with van der Waals surface area (Å²) in [5, 5.41) is 9.03. The van der Waals surface area contributed by atoms with Crippen LogP contribution >= 0.6 is 15.9 Å². The zero-order valence-corrected chi connectivity index (χ0v) is 8.86. The van der Waals surface area contributed by atoms with Crippen molar-refractivity contribution in [1.82, 2.24) is 0 Å². The zero-order chi connectivity index (χ0) is 10.9. The molecule has 1 aromatic rings. The van der Waals surface area contributed by atoms with Crippen molar-refractivity contribution < 1.29 is 18.7 Å². The number of aromatic hydroxyl groups is 1. The number of carbonyl (C=O) groups is 1. The summed E-state index contributed by atoms with van der Waals surface area (Å²) >= 11 is 2.75. The van der Waals surface area contributed by atoms with Gasteiger partial charge in [0, 0.05) is 18.1 Å². The van der Waals surface area contributed by atoms with Crippen molar-refractivity contribution in [2.45, 2.75) is 13.3 Å². The van der Waals surface area contributed by atoms with E-state index in [1.807, 2.05) is 0 Å². The Bertz CT molecular complexity index is 391. The van der Waals surface area contributed by atoms with Gasteiger partial charge in [-0.1, -0.05) is 0 Å². The van der Waals surface area contributed by atoms with E-state index in [0.717, 1.165) is 6.07 Å². The van der Waals surface area contributed by atoms with Crippen LogP contribution in [0, 0.1) is 11.6 Å². The van der Waals surface area contributed by atoms with Gasteiger partial charge >= 0.3 is 0 Å². The number of ketones is 1. The lowest BCUT2D eigenvalue weighted by atomic mass is 10.1. The molecule has 1 rings (SSSR count). The number of benzene rings is 1. The second-order valence-electron chi connectivity index (χ2n) is 2.86. The lowest BCUT2D eigenvalue weighted by Crippen LogP contribution is -2.03. The molecule has 0 bridgehead atoms. The molecule has 0 heterocycles. The normalized spacial score (nSPS) is 10.3. The summed E-state index contributed by atoms with van der Waals surface area (Å²) in [5.41, 5.74) is -0.331. The summed E-state index contributed by atoms with van der Waals surface area (Å²) in [7, 11) is 0. The topological polar surface area (TPSA) is 37.3 Å². The molecule has 0 amide bonds. The minimum absolute atomic E-state index is 0.227. The number of phenolic OH excluding ortho intramolecular Hbond substituents is 1. The highest BCUT2D eigenvalue weighted by Gasteiger charge is 2.17. The van der Waals surface area contributed by atoms with E-state index in [2.05, 4.69) is 15.9 Å². The lowest BCUT2D eigenvalue weighted by Gasteiger charge is -2.06. The average Bonchev–Trinajstić information content (AvgIpc) is 2.09. The zero-order valence-electron chi connectivity index (χ0n) is 7.27. The first-order chi connectivity index (χ1) is 6.43.